The fourth-order valence-corrected chi connectivity index (χ4v) is 1.00. The predicted octanol–water partition coefficient (Wildman–Crippen LogP) is 0.746. The highest BCUT2D eigenvalue weighted by Gasteiger charge is 2.05. The number of aromatic nitrogens is 1. The number of aryl methyl sites for hydroxylation is 1. The molecule has 0 atom stereocenters. The summed E-state index contributed by atoms with van der Waals surface area (Å²) >= 11 is 0. The van der Waals surface area contributed by atoms with E-state index in [2.05, 4.69) is 4.98 Å². The number of hydrogen-bond donors (Lipinski definition) is 1. The van der Waals surface area contributed by atoms with Crippen molar-refractivity contribution in [2.75, 3.05) is 13.7 Å². The third kappa shape index (κ3) is 2.32. The van der Waals surface area contributed by atoms with Gasteiger partial charge in [0.05, 0.1) is 6.61 Å². The Balaban J connectivity index is 2.39. The van der Waals surface area contributed by atoms with Crippen LogP contribution in [0.1, 0.15) is 17.9 Å². The van der Waals surface area contributed by atoms with E-state index in [4.69, 9.17) is 14.3 Å². The zero-order valence-corrected chi connectivity index (χ0v) is 7.12. The second kappa shape index (κ2) is 4.90. The van der Waals surface area contributed by atoms with Crippen molar-refractivity contribution in [3.05, 3.63) is 17.8 Å². The average Bonchev–Trinajstić information content (AvgIpc) is 2.52. The van der Waals surface area contributed by atoms with Crippen LogP contribution in [-0.4, -0.2) is 23.8 Å². The minimum Gasteiger partial charge on any atom is -0.448 e. The third-order valence-corrected chi connectivity index (χ3v) is 1.63. The lowest BCUT2D eigenvalue weighted by Gasteiger charge is -1.97. The topological polar surface area (TPSA) is 55.5 Å². The van der Waals surface area contributed by atoms with E-state index >= 15 is 0 Å². The molecule has 1 aromatic heterocycles. The standard InChI is InChI=1S/C8H13NO3/c1-11-4-2-3-8-7(5-10)9-6-12-8/h6,10H,2-5H2,1H3. The SMILES string of the molecule is COCCCc1ocnc1CO. The van der Waals surface area contributed by atoms with Gasteiger partial charge in [-0.05, 0) is 6.42 Å². The van der Waals surface area contributed by atoms with Crippen molar-refractivity contribution in [3.63, 3.8) is 0 Å². The third-order valence-electron chi connectivity index (χ3n) is 1.63. The quantitative estimate of drug-likeness (QED) is 0.664. The number of rotatable bonds is 5. The first-order valence-corrected chi connectivity index (χ1v) is 3.89. The summed E-state index contributed by atoms with van der Waals surface area (Å²) in [4.78, 5) is 3.86. The number of nitrogens with zero attached hydrogens (tertiary/aromatic N) is 1. The van der Waals surface area contributed by atoms with E-state index in [0.717, 1.165) is 18.6 Å². The van der Waals surface area contributed by atoms with Crippen molar-refractivity contribution >= 4 is 0 Å². The predicted molar refractivity (Wildman–Crippen MR) is 42.6 cm³/mol. The summed E-state index contributed by atoms with van der Waals surface area (Å²) in [6.07, 6.45) is 3.01. The number of aliphatic hydroxyl groups is 1. The Bertz CT molecular complexity index is 222. The molecule has 0 radical (unpaired) electrons. The van der Waals surface area contributed by atoms with E-state index < -0.39 is 0 Å². The van der Waals surface area contributed by atoms with Gasteiger partial charge >= 0.3 is 0 Å². The molecule has 0 bridgehead atoms. The Morgan fingerprint density at radius 2 is 2.50 bits per heavy atom. The molecule has 0 saturated carbocycles. The van der Waals surface area contributed by atoms with Crippen LogP contribution >= 0.6 is 0 Å². The molecule has 12 heavy (non-hydrogen) atoms. The van der Waals surface area contributed by atoms with Gasteiger partial charge in [0, 0.05) is 20.1 Å². The molecule has 1 aromatic rings. The van der Waals surface area contributed by atoms with Gasteiger partial charge in [-0.25, -0.2) is 4.98 Å². The Morgan fingerprint density at radius 3 is 3.17 bits per heavy atom. The minimum absolute atomic E-state index is 0.0567. The fraction of sp³-hybridized carbons (Fsp3) is 0.625. The summed E-state index contributed by atoms with van der Waals surface area (Å²) in [6, 6.07) is 0. The summed E-state index contributed by atoms with van der Waals surface area (Å²) in [5.41, 5.74) is 0.631. The van der Waals surface area contributed by atoms with Gasteiger partial charge < -0.3 is 14.3 Å². The van der Waals surface area contributed by atoms with Gasteiger partial charge in [-0.15, -0.1) is 0 Å². The summed E-state index contributed by atoms with van der Waals surface area (Å²) in [5, 5.41) is 8.81. The molecule has 1 rings (SSSR count). The van der Waals surface area contributed by atoms with Crippen LogP contribution in [0.2, 0.25) is 0 Å². The maximum atomic E-state index is 8.81. The van der Waals surface area contributed by atoms with Crippen molar-refractivity contribution in [2.45, 2.75) is 19.4 Å². The highest BCUT2D eigenvalue weighted by atomic mass is 16.5. The summed E-state index contributed by atoms with van der Waals surface area (Å²) in [7, 11) is 1.66. The number of hydrogen-bond acceptors (Lipinski definition) is 4. The number of oxazole rings is 1. The van der Waals surface area contributed by atoms with Crippen molar-refractivity contribution in [2.24, 2.45) is 0 Å². The maximum Gasteiger partial charge on any atom is 0.181 e. The smallest absolute Gasteiger partial charge is 0.181 e. The highest BCUT2D eigenvalue weighted by Crippen LogP contribution is 2.08. The molecule has 1 N–H and O–H groups in total. The Kier molecular flexibility index (Phi) is 3.76. The molecule has 68 valence electrons. The zero-order chi connectivity index (χ0) is 8.81. The van der Waals surface area contributed by atoms with Crippen LogP contribution in [0.4, 0.5) is 0 Å². The monoisotopic (exact) mass is 171 g/mol. The molecule has 0 fully saturated rings. The molecule has 0 amide bonds. The van der Waals surface area contributed by atoms with Gasteiger partial charge in [-0.1, -0.05) is 0 Å². The van der Waals surface area contributed by atoms with Crippen LogP contribution in [-0.2, 0) is 17.8 Å². The molecule has 0 aromatic carbocycles. The number of methoxy groups -OCH3 is 1. The lowest BCUT2D eigenvalue weighted by molar-refractivity contribution is 0.193. The maximum absolute atomic E-state index is 8.81. The molecule has 0 spiro atoms. The first-order chi connectivity index (χ1) is 5.88. The van der Waals surface area contributed by atoms with Gasteiger partial charge in [0.25, 0.3) is 0 Å². The van der Waals surface area contributed by atoms with Crippen molar-refractivity contribution in [3.8, 4) is 0 Å². The molecular formula is C8H13NO3. The fourth-order valence-electron chi connectivity index (χ4n) is 1.00. The summed E-state index contributed by atoms with van der Waals surface area (Å²) in [6.45, 7) is 0.643. The summed E-state index contributed by atoms with van der Waals surface area (Å²) < 4.78 is 9.96. The minimum atomic E-state index is -0.0567. The van der Waals surface area contributed by atoms with Crippen LogP contribution in [0.5, 0.6) is 0 Å². The normalized spacial score (nSPS) is 10.5. The number of ether oxygens (including phenoxy) is 1. The first kappa shape index (κ1) is 9.22. The van der Waals surface area contributed by atoms with E-state index in [-0.39, 0.29) is 6.61 Å². The lowest BCUT2D eigenvalue weighted by atomic mass is 10.2. The Morgan fingerprint density at radius 1 is 1.67 bits per heavy atom. The second-order valence-electron chi connectivity index (χ2n) is 2.48. The summed E-state index contributed by atoms with van der Waals surface area (Å²) in [5.74, 6) is 0.759. The largest absolute Gasteiger partial charge is 0.448 e. The Labute approximate surface area is 71.2 Å². The van der Waals surface area contributed by atoms with E-state index in [0.29, 0.717) is 12.3 Å². The van der Waals surface area contributed by atoms with E-state index in [9.17, 15) is 0 Å². The van der Waals surface area contributed by atoms with Crippen LogP contribution < -0.4 is 0 Å². The van der Waals surface area contributed by atoms with Crippen LogP contribution in [0, 0.1) is 0 Å². The van der Waals surface area contributed by atoms with Crippen LogP contribution in [0.25, 0.3) is 0 Å². The first-order valence-electron chi connectivity index (χ1n) is 3.89. The lowest BCUT2D eigenvalue weighted by Crippen LogP contribution is -1.95. The number of aliphatic hydroxyl groups excluding tert-OH is 1. The van der Waals surface area contributed by atoms with E-state index in [1.807, 2.05) is 0 Å². The highest BCUT2D eigenvalue weighted by molar-refractivity contribution is 5.05. The van der Waals surface area contributed by atoms with Gasteiger partial charge in [0.15, 0.2) is 6.39 Å². The van der Waals surface area contributed by atoms with Gasteiger partial charge in [0.1, 0.15) is 11.5 Å². The van der Waals surface area contributed by atoms with Crippen molar-refractivity contribution in [1.29, 1.82) is 0 Å². The van der Waals surface area contributed by atoms with E-state index in [1.54, 1.807) is 7.11 Å². The molecule has 0 aliphatic carbocycles. The molecule has 4 nitrogen and oxygen atoms in total. The molecule has 1 heterocycles. The zero-order valence-electron chi connectivity index (χ0n) is 7.12. The molecule has 0 aliphatic rings. The molecule has 4 heteroatoms. The van der Waals surface area contributed by atoms with Crippen LogP contribution in [0.15, 0.2) is 10.8 Å². The molecular weight excluding hydrogens is 158 g/mol. The van der Waals surface area contributed by atoms with Crippen LogP contribution in [0.3, 0.4) is 0 Å². The molecule has 0 saturated heterocycles. The van der Waals surface area contributed by atoms with Crippen molar-refractivity contribution < 1.29 is 14.3 Å². The average molecular weight is 171 g/mol. The Hall–Kier alpha value is -0.870. The van der Waals surface area contributed by atoms with Crippen molar-refractivity contribution in [1.82, 2.24) is 4.98 Å². The second-order valence-corrected chi connectivity index (χ2v) is 2.48. The van der Waals surface area contributed by atoms with Gasteiger partial charge in [-0.3, -0.25) is 0 Å². The molecule has 0 unspecified atom stereocenters. The van der Waals surface area contributed by atoms with Gasteiger partial charge in [-0.2, -0.15) is 0 Å². The van der Waals surface area contributed by atoms with Gasteiger partial charge in [0.2, 0.25) is 0 Å². The van der Waals surface area contributed by atoms with E-state index in [1.165, 1.54) is 6.39 Å². The molecule has 0 aliphatic heterocycles.